The third kappa shape index (κ3) is 4.02. The summed E-state index contributed by atoms with van der Waals surface area (Å²) in [6.07, 6.45) is 1.20. The number of hydrogen-bond donors (Lipinski definition) is 0. The van der Waals surface area contributed by atoms with Gasteiger partial charge in [0.2, 0.25) is 11.8 Å². The molecule has 18 heavy (non-hydrogen) atoms. The maximum absolute atomic E-state index is 12.3. The second-order valence-corrected chi connectivity index (χ2v) is 4.81. The smallest absolute Gasteiger partial charge is 0.243 e. The Morgan fingerprint density at radius 3 is 2.17 bits per heavy atom. The Balaban J connectivity index is 4.96. The van der Waals surface area contributed by atoms with E-state index < -0.39 is 5.41 Å². The average molecular weight is 253 g/mol. The molecule has 102 valence electrons. The van der Waals surface area contributed by atoms with Gasteiger partial charge in [-0.3, -0.25) is 9.59 Å². The molecule has 0 rings (SSSR count). The molecule has 0 fully saturated rings. The van der Waals surface area contributed by atoms with Crippen molar-refractivity contribution in [1.82, 2.24) is 9.80 Å². The lowest BCUT2D eigenvalue weighted by atomic mass is 9.87. The Kier molecular flexibility index (Phi) is 6.39. The van der Waals surface area contributed by atoms with Crippen molar-refractivity contribution < 1.29 is 9.59 Å². The third-order valence-electron chi connectivity index (χ3n) is 3.03. The highest BCUT2D eigenvalue weighted by atomic mass is 16.2. The van der Waals surface area contributed by atoms with E-state index in [1.165, 1.54) is 9.80 Å². The van der Waals surface area contributed by atoms with Crippen molar-refractivity contribution in [3.63, 3.8) is 0 Å². The first-order chi connectivity index (χ1) is 8.32. The summed E-state index contributed by atoms with van der Waals surface area (Å²) in [4.78, 5) is 26.9. The van der Waals surface area contributed by atoms with Gasteiger partial charge in [-0.15, -0.1) is 0 Å². The SMILES string of the molecule is CCCN(CC(=O)N(C)C)C(=O)C(C)(C#N)CC. The molecule has 2 amide bonds. The lowest BCUT2D eigenvalue weighted by molar-refractivity contribution is -0.144. The van der Waals surface area contributed by atoms with Crippen LogP contribution >= 0.6 is 0 Å². The molecule has 0 aliphatic heterocycles. The van der Waals surface area contributed by atoms with E-state index in [1.807, 2.05) is 6.92 Å². The van der Waals surface area contributed by atoms with E-state index in [0.717, 1.165) is 6.42 Å². The Hall–Kier alpha value is -1.57. The Bertz CT molecular complexity index is 347. The summed E-state index contributed by atoms with van der Waals surface area (Å²) in [6, 6.07) is 2.05. The minimum atomic E-state index is -1.04. The number of nitriles is 1. The van der Waals surface area contributed by atoms with Crippen LogP contribution in [0, 0.1) is 16.7 Å². The topological polar surface area (TPSA) is 64.4 Å². The quantitative estimate of drug-likeness (QED) is 0.715. The highest BCUT2D eigenvalue weighted by molar-refractivity contribution is 5.89. The molecule has 0 aliphatic rings. The highest BCUT2D eigenvalue weighted by Gasteiger charge is 2.35. The summed E-state index contributed by atoms with van der Waals surface area (Å²) in [5.74, 6) is -0.391. The van der Waals surface area contributed by atoms with Gasteiger partial charge < -0.3 is 9.80 Å². The summed E-state index contributed by atoms with van der Waals surface area (Å²) >= 11 is 0. The number of nitrogens with zero attached hydrogens (tertiary/aromatic N) is 3. The van der Waals surface area contributed by atoms with Crippen LogP contribution < -0.4 is 0 Å². The van der Waals surface area contributed by atoms with E-state index in [4.69, 9.17) is 5.26 Å². The number of hydrogen-bond acceptors (Lipinski definition) is 3. The molecule has 0 N–H and O–H groups in total. The molecular formula is C13H23N3O2. The zero-order valence-electron chi connectivity index (χ0n) is 12.0. The summed E-state index contributed by atoms with van der Waals surface area (Å²) in [5.41, 5.74) is -1.04. The van der Waals surface area contributed by atoms with Gasteiger partial charge in [0.1, 0.15) is 5.41 Å². The van der Waals surface area contributed by atoms with Crippen LogP contribution in [0.25, 0.3) is 0 Å². The van der Waals surface area contributed by atoms with Crippen molar-refractivity contribution in [2.75, 3.05) is 27.2 Å². The zero-order valence-corrected chi connectivity index (χ0v) is 12.0. The first-order valence-electron chi connectivity index (χ1n) is 6.23. The second kappa shape index (κ2) is 7.00. The van der Waals surface area contributed by atoms with Gasteiger partial charge in [0.05, 0.1) is 12.6 Å². The van der Waals surface area contributed by atoms with E-state index >= 15 is 0 Å². The first kappa shape index (κ1) is 16.4. The largest absolute Gasteiger partial charge is 0.347 e. The van der Waals surface area contributed by atoms with Gasteiger partial charge in [0.25, 0.3) is 0 Å². The van der Waals surface area contributed by atoms with E-state index in [0.29, 0.717) is 13.0 Å². The predicted octanol–water partition coefficient (Wildman–Crippen LogP) is 1.25. The molecule has 0 saturated carbocycles. The van der Waals surface area contributed by atoms with Crippen LogP contribution in [0.4, 0.5) is 0 Å². The van der Waals surface area contributed by atoms with Crippen LogP contribution in [0.3, 0.4) is 0 Å². The molecule has 0 aliphatic carbocycles. The maximum Gasteiger partial charge on any atom is 0.243 e. The Morgan fingerprint density at radius 1 is 1.28 bits per heavy atom. The molecular weight excluding hydrogens is 230 g/mol. The number of carbonyl (C=O) groups excluding carboxylic acids is 2. The van der Waals surface area contributed by atoms with Crippen molar-refractivity contribution in [3.8, 4) is 6.07 Å². The van der Waals surface area contributed by atoms with Crippen LogP contribution in [0.5, 0.6) is 0 Å². The van der Waals surface area contributed by atoms with Crippen LogP contribution in [-0.4, -0.2) is 48.8 Å². The molecule has 0 aromatic rings. The fraction of sp³-hybridized carbons (Fsp3) is 0.769. The molecule has 0 bridgehead atoms. The summed E-state index contributed by atoms with van der Waals surface area (Å²) in [5, 5.41) is 9.12. The van der Waals surface area contributed by atoms with E-state index in [1.54, 1.807) is 27.9 Å². The molecule has 5 nitrogen and oxygen atoms in total. The number of rotatable bonds is 6. The molecule has 0 heterocycles. The fourth-order valence-electron chi connectivity index (χ4n) is 1.45. The minimum Gasteiger partial charge on any atom is -0.347 e. The number of carbonyl (C=O) groups is 2. The van der Waals surface area contributed by atoms with Gasteiger partial charge in [-0.25, -0.2) is 0 Å². The molecule has 0 aromatic heterocycles. The van der Waals surface area contributed by atoms with Crippen molar-refractivity contribution in [2.24, 2.45) is 5.41 Å². The normalized spacial score (nSPS) is 13.3. The second-order valence-electron chi connectivity index (χ2n) is 4.81. The predicted molar refractivity (Wildman–Crippen MR) is 69.6 cm³/mol. The Labute approximate surface area is 109 Å². The minimum absolute atomic E-state index is 0.0386. The molecule has 0 radical (unpaired) electrons. The first-order valence-corrected chi connectivity index (χ1v) is 6.23. The zero-order chi connectivity index (χ0) is 14.3. The molecule has 1 unspecified atom stereocenters. The maximum atomic E-state index is 12.3. The molecule has 0 saturated heterocycles. The van der Waals surface area contributed by atoms with Gasteiger partial charge in [0.15, 0.2) is 0 Å². The summed E-state index contributed by atoms with van der Waals surface area (Å²) in [7, 11) is 3.31. The number of likely N-dealkylation sites (N-methyl/N-ethyl adjacent to an activating group) is 1. The highest BCUT2D eigenvalue weighted by Crippen LogP contribution is 2.23. The average Bonchev–Trinajstić information content (AvgIpc) is 2.36. The summed E-state index contributed by atoms with van der Waals surface area (Å²) in [6.45, 7) is 5.90. The van der Waals surface area contributed by atoms with Crippen LogP contribution in [0.15, 0.2) is 0 Å². The van der Waals surface area contributed by atoms with Crippen molar-refractivity contribution in [1.29, 1.82) is 5.26 Å². The Morgan fingerprint density at radius 2 is 1.83 bits per heavy atom. The summed E-state index contributed by atoms with van der Waals surface area (Å²) < 4.78 is 0. The molecule has 5 heteroatoms. The van der Waals surface area contributed by atoms with Crippen molar-refractivity contribution >= 4 is 11.8 Å². The van der Waals surface area contributed by atoms with Gasteiger partial charge in [0, 0.05) is 20.6 Å². The van der Waals surface area contributed by atoms with Crippen LogP contribution in [0.1, 0.15) is 33.6 Å². The van der Waals surface area contributed by atoms with Gasteiger partial charge in [-0.2, -0.15) is 5.26 Å². The van der Waals surface area contributed by atoms with E-state index in [-0.39, 0.29) is 18.4 Å². The third-order valence-corrected chi connectivity index (χ3v) is 3.03. The molecule has 1 atom stereocenters. The standard InChI is InChI=1S/C13H23N3O2/c1-6-8-16(9-11(17)15(4)5)12(18)13(3,7-2)10-14/h6-9H2,1-5H3. The van der Waals surface area contributed by atoms with Crippen LogP contribution in [0.2, 0.25) is 0 Å². The van der Waals surface area contributed by atoms with Crippen molar-refractivity contribution in [3.05, 3.63) is 0 Å². The molecule has 0 spiro atoms. The fourth-order valence-corrected chi connectivity index (χ4v) is 1.45. The monoisotopic (exact) mass is 253 g/mol. The molecule has 0 aromatic carbocycles. The lowest BCUT2D eigenvalue weighted by Crippen LogP contribution is -2.46. The van der Waals surface area contributed by atoms with Crippen molar-refractivity contribution in [2.45, 2.75) is 33.6 Å². The number of amides is 2. The van der Waals surface area contributed by atoms with Gasteiger partial charge >= 0.3 is 0 Å². The van der Waals surface area contributed by atoms with Crippen LogP contribution in [-0.2, 0) is 9.59 Å². The van der Waals surface area contributed by atoms with Gasteiger partial charge in [-0.1, -0.05) is 13.8 Å². The van der Waals surface area contributed by atoms with E-state index in [9.17, 15) is 9.59 Å². The van der Waals surface area contributed by atoms with Gasteiger partial charge in [-0.05, 0) is 19.8 Å². The lowest BCUT2D eigenvalue weighted by Gasteiger charge is -2.29. The van der Waals surface area contributed by atoms with E-state index in [2.05, 4.69) is 6.07 Å².